The van der Waals surface area contributed by atoms with Crippen LogP contribution < -0.4 is 14.4 Å². The third kappa shape index (κ3) is 7.86. The average molecular weight is 737 g/mol. The first-order chi connectivity index (χ1) is 24.4. The number of carbonyl (C=O) groups is 1. The van der Waals surface area contributed by atoms with Crippen LogP contribution in [0.15, 0.2) is 65.8 Å². The van der Waals surface area contributed by atoms with Crippen molar-refractivity contribution in [2.24, 2.45) is 5.41 Å². The average Bonchev–Trinajstić information content (AvgIpc) is 3.03. The number of hydrogen-bond donors (Lipinski definition) is 1. The minimum Gasteiger partial charge on any atom is -0.491 e. The van der Waals surface area contributed by atoms with Crippen LogP contribution in [0.5, 0.6) is 5.75 Å². The Hall–Kier alpha value is -4.72. The third-order valence-corrected chi connectivity index (χ3v) is 10.9. The molecule has 0 saturated heterocycles. The number of sulfonamides is 1. The standard InChI is InChI=1S/C38H43F3N6O4S/c1-23-10-7-11-24(2)33(23)35-34(38(39,40)41)30-17-31(44-35)45-52(49,50)29-15-8-12-25(16-29)36(48)47(28(22-51-30)18-37(3,4)5)21-26-19-42-20-32(43-26)46(6)27-13-9-14-27/h7-8,10-12,15-17,19-20,27-28H,9,13-14,18,21-22H2,1-6H3,(H,44,45)/t28-/m1/s1. The van der Waals surface area contributed by atoms with Crippen molar-refractivity contribution >= 4 is 27.6 Å². The first-order valence-corrected chi connectivity index (χ1v) is 18.7. The lowest BCUT2D eigenvalue weighted by Gasteiger charge is -2.37. The Morgan fingerprint density at radius 2 is 1.69 bits per heavy atom. The smallest absolute Gasteiger partial charge is 0.422 e. The second kappa shape index (κ2) is 14.0. The van der Waals surface area contributed by atoms with Crippen LogP contribution in [0.4, 0.5) is 24.8 Å². The van der Waals surface area contributed by atoms with Crippen LogP contribution in [0.2, 0.25) is 0 Å². The molecule has 1 aliphatic heterocycles. The summed E-state index contributed by atoms with van der Waals surface area (Å²) in [6.45, 7) is 8.83. The quantitative estimate of drug-likeness (QED) is 0.213. The summed E-state index contributed by atoms with van der Waals surface area (Å²) in [7, 11) is -2.49. The Balaban J connectivity index is 1.54. The number of nitrogens with zero attached hydrogens (tertiary/aromatic N) is 5. The number of fused-ring (bicyclic) bond motifs is 4. The van der Waals surface area contributed by atoms with Crippen LogP contribution in [0.1, 0.15) is 79.2 Å². The van der Waals surface area contributed by atoms with Crippen molar-refractivity contribution < 1.29 is 31.1 Å². The molecule has 1 aliphatic carbocycles. The van der Waals surface area contributed by atoms with E-state index in [1.54, 1.807) is 44.4 Å². The molecule has 1 N–H and O–H groups in total. The zero-order valence-electron chi connectivity index (χ0n) is 30.1. The lowest BCUT2D eigenvalue weighted by atomic mass is 9.87. The highest BCUT2D eigenvalue weighted by molar-refractivity contribution is 7.92. The van der Waals surface area contributed by atoms with Gasteiger partial charge in [0.15, 0.2) is 0 Å². The number of aromatic nitrogens is 3. The maximum Gasteiger partial charge on any atom is 0.422 e. The molecule has 6 rings (SSSR count). The fourth-order valence-electron chi connectivity index (χ4n) is 6.78. The number of rotatable bonds is 6. The normalized spacial score (nSPS) is 17.9. The maximum atomic E-state index is 15.2. The summed E-state index contributed by atoms with van der Waals surface area (Å²) in [5, 5.41) is 0. The molecule has 0 radical (unpaired) electrons. The summed E-state index contributed by atoms with van der Waals surface area (Å²) in [6.07, 6.45) is 1.80. The molecule has 2 aromatic carbocycles. The zero-order valence-corrected chi connectivity index (χ0v) is 30.9. The van der Waals surface area contributed by atoms with E-state index in [2.05, 4.69) is 19.6 Å². The van der Waals surface area contributed by atoms with E-state index in [0.717, 1.165) is 25.3 Å². The van der Waals surface area contributed by atoms with Gasteiger partial charge in [0.25, 0.3) is 15.9 Å². The van der Waals surface area contributed by atoms with Crippen molar-refractivity contribution in [3.05, 3.63) is 88.9 Å². The van der Waals surface area contributed by atoms with Gasteiger partial charge in [-0.1, -0.05) is 45.0 Å². The molecule has 10 nitrogen and oxygen atoms in total. The van der Waals surface area contributed by atoms with Gasteiger partial charge >= 0.3 is 6.18 Å². The van der Waals surface area contributed by atoms with Crippen molar-refractivity contribution in [1.82, 2.24) is 19.9 Å². The van der Waals surface area contributed by atoms with Gasteiger partial charge in [-0.15, -0.1) is 0 Å². The van der Waals surface area contributed by atoms with Gasteiger partial charge in [-0.2, -0.15) is 13.2 Å². The number of halogens is 3. The highest BCUT2D eigenvalue weighted by atomic mass is 32.2. The molecule has 14 heteroatoms. The van der Waals surface area contributed by atoms with Crippen LogP contribution in [0.25, 0.3) is 11.3 Å². The van der Waals surface area contributed by atoms with Crippen molar-refractivity contribution in [2.75, 3.05) is 23.3 Å². The fourth-order valence-corrected chi connectivity index (χ4v) is 7.82. The van der Waals surface area contributed by atoms with Crippen LogP contribution in [0, 0.1) is 19.3 Å². The van der Waals surface area contributed by atoms with E-state index in [1.165, 1.54) is 29.2 Å². The fraction of sp³-hybridized carbons (Fsp3) is 0.421. The van der Waals surface area contributed by atoms with Gasteiger partial charge in [0.2, 0.25) is 0 Å². The molecule has 1 atom stereocenters. The molecule has 0 spiro atoms. The number of hydrogen-bond acceptors (Lipinski definition) is 8. The molecule has 1 saturated carbocycles. The van der Waals surface area contributed by atoms with Crippen molar-refractivity contribution in [1.29, 1.82) is 0 Å². The minimum absolute atomic E-state index is 0.0567. The first kappa shape index (κ1) is 37.1. The molecule has 276 valence electrons. The summed E-state index contributed by atoms with van der Waals surface area (Å²) in [6, 6.07) is 11.1. The molecule has 1 amide bonds. The van der Waals surface area contributed by atoms with Crippen molar-refractivity contribution in [3.63, 3.8) is 0 Å². The molecular formula is C38H43F3N6O4S. The largest absolute Gasteiger partial charge is 0.491 e. The number of carbonyl (C=O) groups excluding carboxylic acids is 1. The molecule has 2 aromatic heterocycles. The van der Waals surface area contributed by atoms with Gasteiger partial charge < -0.3 is 14.5 Å². The monoisotopic (exact) mass is 736 g/mol. The summed E-state index contributed by atoms with van der Waals surface area (Å²) in [5.41, 5.74) is -0.246. The number of ether oxygens (including phenoxy) is 1. The van der Waals surface area contributed by atoms with E-state index in [-0.39, 0.29) is 35.0 Å². The second-order valence-electron chi connectivity index (χ2n) is 14.9. The first-order valence-electron chi connectivity index (χ1n) is 17.2. The van der Waals surface area contributed by atoms with Crippen LogP contribution >= 0.6 is 0 Å². The van der Waals surface area contributed by atoms with Gasteiger partial charge in [0.05, 0.1) is 41.3 Å². The highest BCUT2D eigenvalue weighted by Crippen LogP contribution is 2.45. The Labute approximate surface area is 302 Å². The third-order valence-electron chi connectivity index (χ3n) is 9.58. The number of anilines is 2. The van der Waals surface area contributed by atoms with E-state index < -0.39 is 50.6 Å². The van der Waals surface area contributed by atoms with Gasteiger partial charge in [0, 0.05) is 30.3 Å². The summed E-state index contributed by atoms with van der Waals surface area (Å²) >= 11 is 0. The van der Waals surface area contributed by atoms with E-state index in [4.69, 9.17) is 9.72 Å². The predicted molar refractivity (Wildman–Crippen MR) is 193 cm³/mol. The molecule has 4 aromatic rings. The number of amides is 1. The van der Waals surface area contributed by atoms with Gasteiger partial charge in [-0.25, -0.2) is 18.4 Å². The van der Waals surface area contributed by atoms with Crippen molar-refractivity contribution in [2.45, 2.75) is 90.0 Å². The van der Waals surface area contributed by atoms with E-state index in [9.17, 15) is 13.2 Å². The van der Waals surface area contributed by atoms with Gasteiger partial charge in [-0.3, -0.25) is 14.5 Å². The Kier molecular flexibility index (Phi) is 9.99. The second-order valence-corrected chi connectivity index (χ2v) is 16.5. The number of benzene rings is 2. The summed E-state index contributed by atoms with van der Waals surface area (Å²) < 4.78 is 81.6. The van der Waals surface area contributed by atoms with Crippen LogP contribution in [0.3, 0.4) is 0 Å². The lowest BCUT2D eigenvalue weighted by Crippen LogP contribution is -2.45. The predicted octanol–water partition coefficient (Wildman–Crippen LogP) is 7.80. The van der Waals surface area contributed by atoms with Gasteiger partial charge in [0.1, 0.15) is 29.6 Å². The summed E-state index contributed by atoms with van der Waals surface area (Å²) in [4.78, 5) is 31.4. The number of alkyl halides is 3. The molecule has 2 aliphatic rings. The van der Waals surface area contributed by atoms with E-state index >= 15 is 13.2 Å². The maximum absolute atomic E-state index is 15.2. The molecule has 1 fully saturated rings. The highest BCUT2D eigenvalue weighted by Gasteiger charge is 2.41. The number of aryl methyl sites for hydroxylation is 2. The molecule has 0 unspecified atom stereocenters. The van der Waals surface area contributed by atoms with Crippen LogP contribution in [-0.4, -0.2) is 59.9 Å². The van der Waals surface area contributed by atoms with E-state index in [0.29, 0.717) is 35.1 Å². The molecular weight excluding hydrogens is 694 g/mol. The minimum atomic E-state index is -4.94. The SMILES string of the molecule is Cc1cccc(C)c1-c1nc2cc(c1C(F)(F)F)OC[C@@H](CC(C)(C)C)N(Cc1cncc(N(C)C3CCC3)n1)C(=O)c1cccc(c1)S(=O)(=O)N2. The molecule has 3 heterocycles. The molecule has 52 heavy (non-hydrogen) atoms. The summed E-state index contributed by atoms with van der Waals surface area (Å²) in [5.74, 6) is -0.866. The van der Waals surface area contributed by atoms with Crippen molar-refractivity contribution in [3.8, 4) is 17.0 Å². The lowest BCUT2D eigenvalue weighted by molar-refractivity contribution is -0.138. The molecule has 4 bridgehead atoms. The zero-order chi connectivity index (χ0) is 37.6. The number of pyridine rings is 1. The topological polar surface area (TPSA) is 118 Å². The Morgan fingerprint density at radius 1 is 1.00 bits per heavy atom. The Morgan fingerprint density at radius 3 is 2.33 bits per heavy atom. The van der Waals surface area contributed by atoms with E-state index in [1.807, 2.05) is 27.8 Å². The Bertz CT molecular complexity index is 2080. The van der Waals surface area contributed by atoms with Crippen LogP contribution in [-0.2, 0) is 22.7 Å². The van der Waals surface area contributed by atoms with Gasteiger partial charge in [-0.05, 0) is 74.3 Å². The number of nitrogens with one attached hydrogen (secondary N) is 1.